The summed E-state index contributed by atoms with van der Waals surface area (Å²) in [6, 6.07) is -0.934. The van der Waals surface area contributed by atoms with Crippen LogP contribution < -0.4 is 21.7 Å². The second kappa shape index (κ2) is 16.4. The smallest absolute Gasteiger partial charge is 0.333 e. The summed E-state index contributed by atoms with van der Waals surface area (Å²) in [5, 5.41) is 9.18. The molecule has 0 unspecified atom stereocenters. The Hall–Kier alpha value is -3.20. The monoisotopic (exact) mass is 611 g/mol. The molecule has 3 aliphatic rings. The number of hydroxylamine groups is 2. The van der Waals surface area contributed by atoms with E-state index in [-0.39, 0.29) is 50.1 Å². The van der Waals surface area contributed by atoms with Gasteiger partial charge in [-0.3, -0.25) is 24.0 Å². The summed E-state index contributed by atoms with van der Waals surface area (Å²) in [4.78, 5) is 89.3. The van der Waals surface area contributed by atoms with Gasteiger partial charge in [0, 0.05) is 44.4 Å². The van der Waals surface area contributed by atoms with Gasteiger partial charge in [-0.2, -0.15) is 0 Å². The number of rotatable bonds is 18. The van der Waals surface area contributed by atoms with Gasteiger partial charge < -0.3 is 31.3 Å². The number of nitrogens with two attached hydrogens (primary N) is 1. The Morgan fingerprint density at radius 3 is 2.14 bits per heavy atom. The molecule has 0 radical (unpaired) electrons. The average Bonchev–Trinajstić information content (AvgIpc) is 3.60. The highest BCUT2D eigenvalue weighted by Crippen LogP contribution is 2.44. The van der Waals surface area contributed by atoms with Crippen molar-refractivity contribution >= 4 is 53.4 Å². The number of amides is 5. The number of fused-ring (bicyclic) bond motifs is 1. The van der Waals surface area contributed by atoms with Gasteiger partial charge in [0.2, 0.25) is 5.91 Å². The second-order valence-electron chi connectivity index (χ2n) is 10.7. The van der Waals surface area contributed by atoms with E-state index in [9.17, 15) is 33.6 Å². The van der Waals surface area contributed by atoms with Crippen LogP contribution in [0.4, 0.5) is 4.79 Å². The zero-order valence-electron chi connectivity index (χ0n) is 23.8. The van der Waals surface area contributed by atoms with E-state index >= 15 is 0 Å². The van der Waals surface area contributed by atoms with Gasteiger partial charge in [-0.15, -0.1) is 16.8 Å². The van der Waals surface area contributed by atoms with Crippen LogP contribution in [0, 0.1) is 0 Å². The first-order valence-corrected chi connectivity index (χ1v) is 15.6. The predicted molar refractivity (Wildman–Crippen MR) is 150 cm³/mol. The van der Waals surface area contributed by atoms with Crippen LogP contribution in [0.3, 0.4) is 0 Å². The summed E-state index contributed by atoms with van der Waals surface area (Å²) in [6.07, 6.45) is 5.63. The molecule has 0 bridgehead atoms. The van der Waals surface area contributed by atoms with E-state index in [4.69, 9.17) is 15.3 Å². The van der Waals surface area contributed by atoms with Gasteiger partial charge in [0.1, 0.15) is 4.75 Å². The van der Waals surface area contributed by atoms with Crippen LogP contribution >= 0.6 is 11.8 Å². The van der Waals surface area contributed by atoms with Crippen molar-refractivity contribution in [3.63, 3.8) is 0 Å². The molecule has 5 amide bonds. The molecular weight excluding hydrogens is 570 g/mol. The molecule has 234 valence electrons. The van der Waals surface area contributed by atoms with E-state index in [1.54, 1.807) is 0 Å². The number of thioether (sulfide) groups is 1. The van der Waals surface area contributed by atoms with Crippen molar-refractivity contribution in [1.29, 1.82) is 0 Å². The van der Waals surface area contributed by atoms with E-state index in [0.717, 1.165) is 12.8 Å². The third kappa shape index (κ3) is 9.41. The number of nitrogens with one attached hydrogen (secondary N) is 3. The second-order valence-corrected chi connectivity index (χ2v) is 12.0. The molecule has 3 rings (SSSR count). The van der Waals surface area contributed by atoms with E-state index < -0.39 is 40.5 Å². The molecule has 3 fully saturated rings. The summed E-state index contributed by atoms with van der Waals surface area (Å²) >= 11 is 1.46. The maximum atomic E-state index is 13.4. The number of carbonyl (C=O) groups is 7. The van der Waals surface area contributed by atoms with Crippen molar-refractivity contribution in [3.8, 4) is 0 Å². The Labute approximate surface area is 248 Å². The summed E-state index contributed by atoms with van der Waals surface area (Å²) < 4.78 is 3.90. The van der Waals surface area contributed by atoms with Crippen LogP contribution in [0.5, 0.6) is 0 Å². The van der Waals surface area contributed by atoms with Crippen LogP contribution in [-0.2, 0) is 38.3 Å². The Morgan fingerprint density at radius 2 is 1.48 bits per heavy atom. The number of hydrogen-bond donors (Lipinski definition) is 4. The zero-order valence-corrected chi connectivity index (χ0v) is 24.6. The largest absolute Gasteiger partial charge is 0.393 e. The quantitative estimate of drug-likeness (QED) is 0.0565. The Kier molecular flexibility index (Phi) is 13.0. The van der Waals surface area contributed by atoms with Crippen LogP contribution in [0.25, 0.3) is 0 Å². The summed E-state index contributed by atoms with van der Waals surface area (Å²) in [5.41, 5.74) is 5.41. The highest BCUT2D eigenvalue weighted by molar-refractivity contribution is 8.01. The van der Waals surface area contributed by atoms with Gasteiger partial charge in [0.05, 0.1) is 12.1 Å². The fourth-order valence-electron chi connectivity index (χ4n) is 5.20. The lowest BCUT2D eigenvalue weighted by Gasteiger charge is -2.32. The molecule has 3 saturated heterocycles. The molecule has 3 aliphatic heterocycles. The van der Waals surface area contributed by atoms with Gasteiger partial charge >= 0.3 is 23.9 Å². The summed E-state index contributed by atoms with van der Waals surface area (Å²) in [7, 11) is 0. The molecule has 0 aromatic rings. The van der Waals surface area contributed by atoms with Crippen LogP contribution in [-0.4, -0.2) is 82.4 Å². The maximum Gasteiger partial charge on any atom is 0.333 e. The Balaban J connectivity index is 1.38. The number of hydrogen-bond acceptors (Lipinski definition) is 11. The van der Waals surface area contributed by atoms with E-state index in [1.165, 1.54) is 11.8 Å². The summed E-state index contributed by atoms with van der Waals surface area (Å²) in [6.45, 7) is 0.940. The lowest BCUT2D eigenvalue weighted by atomic mass is 9.88. The van der Waals surface area contributed by atoms with Crippen molar-refractivity contribution in [2.45, 2.75) is 107 Å². The fraction of sp³-hybridized carbons (Fsp3) is 0.741. The molecule has 3 heterocycles. The number of carbonyl (C=O) groups excluding carboxylic acids is 7. The van der Waals surface area contributed by atoms with Crippen molar-refractivity contribution in [3.05, 3.63) is 0 Å². The van der Waals surface area contributed by atoms with E-state index in [1.807, 2.05) is 0 Å². The molecule has 0 aromatic carbocycles. The van der Waals surface area contributed by atoms with Crippen LogP contribution in [0.15, 0.2) is 0 Å². The minimum Gasteiger partial charge on any atom is -0.393 e. The molecule has 3 atom stereocenters. The lowest BCUT2D eigenvalue weighted by Crippen LogP contribution is -2.56. The molecule has 15 heteroatoms. The number of nitrogens with zero attached hydrogens (tertiary/aromatic N) is 1. The third-order valence-corrected chi connectivity index (χ3v) is 9.13. The van der Waals surface area contributed by atoms with Gasteiger partial charge in [0.15, 0.2) is 0 Å². The normalized spacial score (nSPS) is 22.9. The number of unbranched alkanes of at least 4 members (excludes halogenated alkanes) is 5. The average molecular weight is 612 g/mol. The highest BCUT2D eigenvalue weighted by Gasteiger charge is 2.57. The first-order valence-electron chi connectivity index (χ1n) is 14.7. The maximum absolute atomic E-state index is 13.4. The van der Waals surface area contributed by atoms with Crippen molar-refractivity contribution in [2.75, 3.05) is 18.8 Å². The Morgan fingerprint density at radius 1 is 0.857 bits per heavy atom. The minimum absolute atomic E-state index is 0.0209. The standard InChI is InChI=1S/C27H41N5O9S/c28-15-7-1-3-9-21(35)40-22(36)10-4-2-8-16-29-25(38)27(24-18(17-42-27)30-26(39)31-24)14-6-5-11-23(37)41-32-19(33)12-13-20(32)34/h18,24H,1-17,28H2,(H,29,38)(H2,30,31,39)/t18-,24-,27-/m0/s1. The first kappa shape index (κ1) is 33.3. The molecule has 0 aromatic heterocycles. The highest BCUT2D eigenvalue weighted by atomic mass is 32.2. The van der Waals surface area contributed by atoms with Gasteiger partial charge in [0.25, 0.3) is 11.8 Å². The first-order chi connectivity index (χ1) is 20.2. The molecular formula is C27H41N5O9S. The van der Waals surface area contributed by atoms with E-state index in [2.05, 4.69) is 16.0 Å². The zero-order chi connectivity index (χ0) is 30.5. The van der Waals surface area contributed by atoms with Crippen molar-refractivity contribution in [1.82, 2.24) is 21.0 Å². The Bertz CT molecular complexity index is 1030. The molecule has 42 heavy (non-hydrogen) atoms. The summed E-state index contributed by atoms with van der Waals surface area (Å²) in [5.74, 6) is -2.50. The molecule has 14 nitrogen and oxygen atoms in total. The van der Waals surface area contributed by atoms with Gasteiger partial charge in [-0.25, -0.2) is 9.59 Å². The molecule has 0 aliphatic carbocycles. The minimum atomic E-state index is -0.928. The van der Waals surface area contributed by atoms with Crippen LogP contribution in [0.1, 0.15) is 89.9 Å². The fourth-order valence-corrected chi connectivity index (χ4v) is 6.84. The van der Waals surface area contributed by atoms with Gasteiger partial charge in [-0.1, -0.05) is 19.3 Å². The topological polar surface area (TPSA) is 203 Å². The lowest BCUT2D eigenvalue weighted by molar-refractivity contribution is -0.197. The van der Waals surface area contributed by atoms with E-state index in [0.29, 0.717) is 68.9 Å². The number of ether oxygens (including phenoxy) is 1. The predicted octanol–water partition coefficient (Wildman–Crippen LogP) is 0.955. The van der Waals surface area contributed by atoms with Crippen molar-refractivity contribution in [2.24, 2.45) is 5.73 Å². The molecule has 0 saturated carbocycles. The number of esters is 2. The number of imide groups is 1. The number of urea groups is 1. The molecule has 5 N–H and O–H groups in total. The third-order valence-electron chi connectivity index (χ3n) is 7.45. The van der Waals surface area contributed by atoms with Crippen molar-refractivity contribution < 1.29 is 43.1 Å². The SMILES string of the molecule is NCCCCCC(=O)OC(=O)CCCCCNC(=O)[C@@]1(CCCCC(=O)ON2C(=O)CCC2=O)SC[C@@H]2NC(=O)N[C@@H]21. The van der Waals surface area contributed by atoms with Gasteiger partial charge in [-0.05, 0) is 45.1 Å². The van der Waals surface area contributed by atoms with Crippen LogP contribution in [0.2, 0.25) is 0 Å². The molecule has 0 spiro atoms.